The van der Waals surface area contributed by atoms with Crippen molar-refractivity contribution in [1.82, 2.24) is 0 Å². The van der Waals surface area contributed by atoms with Crippen LogP contribution in [0.15, 0.2) is 34.4 Å². The fraction of sp³-hybridized carbons (Fsp3) is 0.650. The molecule has 2 aliphatic rings. The molecule has 2 aliphatic carbocycles. The third-order valence-corrected chi connectivity index (χ3v) is 5.37. The van der Waals surface area contributed by atoms with E-state index in [4.69, 9.17) is 0 Å². The van der Waals surface area contributed by atoms with Gasteiger partial charge >= 0.3 is 0 Å². The summed E-state index contributed by atoms with van der Waals surface area (Å²) in [5, 5.41) is 0. The number of rotatable bonds is 0. The van der Waals surface area contributed by atoms with Gasteiger partial charge in [-0.05, 0) is 76.7 Å². The van der Waals surface area contributed by atoms with Crippen LogP contribution in [0.4, 0.5) is 0 Å². The van der Waals surface area contributed by atoms with E-state index < -0.39 is 0 Å². The Morgan fingerprint density at radius 3 is 2.48 bits per heavy atom. The SMILES string of the molecule is CC(C)=C1C(=O)C[C@]2(C)C/C=C(\C)CC/C=C(\C)CC[C@H]12. The first-order chi connectivity index (χ1) is 9.83. The predicted octanol–water partition coefficient (Wildman–Crippen LogP) is 5.77. The van der Waals surface area contributed by atoms with Crippen molar-refractivity contribution in [2.24, 2.45) is 11.3 Å². The van der Waals surface area contributed by atoms with Crippen LogP contribution in [-0.2, 0) is 4.79 Å². The van der Waals surface area contributed by atoms with E-state index in [2.05, 4.69) is 46.8 Å². The van der Waals surface area contributed by atoms with Crippen LogP contribution in [0.5, 0.6) is 0 Å². The summed E-state index contributed by atoms with van der Waals surface area (Å²) in [7, 11) is 0. The highest BCUT2D eigenvalue weighted by Crippen LogP contribution is 2.51. The van der Waals surface area contributed by atoms with Crippen LogP contribution in [0.1, 0.15) is 73.1 Å². The molecule has 0 aromatic rings. The summed E-state index contributed by atoms with van der Waals surface area (Å²) in [6, 6.07) is 0. The molecule has 1 heteroatoms. The zero-order chi connectivity index (χ0) is 15.6. The summed E-state index contributed by atoms with van der Waals surface area (Å²) in [6.45, 7) is 11.0. The van der Waals surface area contributed by atoms with Crippen molar-refractivity contribution in [2.75, 3.05) is 0 Å². The molecule has 21 heavy (non-hydrogen) atoms. The number of carbonyl (C=O) groups excluding carboxylic acids is 1. The highest BCUT2D eigenvalue weighted by Gasteiger charge is 2.46. The van der Waals surface area contributed by atoms with Gasteiger partial charge in [0.15, 0.2) is 5.78 Å². The van der Waals surface area contributed by atoms with E-state index in [0.29, 0.717) is 11.7 Å². The van der Waals surface area contributed by atoms with Gasteiger partial charge in [0.25, 0.3) is 0 Å². The van der Waals surface area contributed by atoms with Crippen molar-refractivity contribution in [1.29, 1.82) is 0 Å². The second-order valence-corrected chi connectivity index (χ2v) is 7.60. The molecule has 0 unspecified atom stereocenters. The second-order valence-electron chi connectivity index (χ2n) is 7.60. The van der Waals surface area contributed by atoms with Crippen molar-refractivity contribution in [3.63, 3.8) is 0 Å². The molecule has 0 radical (unpaired) electrons. The molecule has 2 atom stereocenters. The van der Waals surface area contributed by atoms with Gasteiger partial charge in [-0.25, -0.2) is 0 Å². The van der Waals surface area contributed by atoms with Crippen LogP contribution in [0, 0.1) is 11.3 Å². The van der Waals surface area contributed by atoms with Gasteiger partial charge < -0.3 is 0 Å². The maximum atomic E-state index is 12.5. The highest BCUT2D eigenvalue weighted by atomic mass is 16.1. The lowest BCUT2D eigenvalue weighted by atomic mass is 9.72. The molecular weight excluding hydrogens is 256 g/mol. The zero-order valence-corrected chi connectivity index (χ0v) is 14.4. The average molecular weight is 286 g/mol. The van der Waals surface area contributed by atoms with Crippen molar-refractivity contribution < 1.29 is 4.79 Å². The van der Waals surface area contributed by atoms with Crippen molar-refractivity contribution >= 4 is 5.78 Å². The van der Waals surface area contributed by atoms with Crippen molar-refractivity contribution in [3.8, 4) is 0 Å². The van der Waals surface area contributed by atoms with Crippen molar-refractivity contribution in [2.45, 2.75) is 73.1 Å². The standard InChI is InChI=1S/C20H30O/c1-14(2)19-17-10-9-15(3)7-6-8-16(4)11-12-20(17,5)13-18(19)21/h7,11,17H,6,8-10,12-13H2,1-5H3/b15-7+,16-11+/t17-,20+/m1/s1. The molecule has 116 valence electrons. The topological polar surface area (TPSA) is 17.1 Å². The minimum atomic E-state index is 0.121. The van der Waals surface area contributed by atoms with Crippen molar-refractivity contribution in [3.05, 3.63) is 34.4 Å². The lowest BCUT2D eigenvalue weighted by molar-refractivity contribution is -0.115. The molecule has 0 aromatic carbocycles. The smallest absolute Gasteiger partial charge is 0.159 e. The first-order valence-electron chi connectivity index (χ1n) is 8.35. The van der Waals surface area contributed by atoms with Gasteiger partial charge in [-0.2, -0.15) is 0 Å². The Labute approximate surface area is 130 Å². The Balaban J connectivity index is 2.40. The minimum Gasteiger partial charge on any atom is -0.295 e. The molecule has 0 spiro atoms. The largest absolute Gasteiger partial charge is 0.295 e. The highest BCUT2D eigenvalue weighted by molar-refractivity contribution is 5.99. The maximum Gasteiger partial charge on any atom is 0.159 e. The summed E-state index contributed by atoms with van der Waals surface area (Å²) >= 11 is 0. The van der Waals surface area contributed by atoms with E-state index >= 15 is 0 Å². The van der Waals surface area contributed by atoms with E-state index in [1.54, 1.807) is 0 Å². The predicted molar refractivity (Wildman–Crippen MR) is 90.2 cm³/mol. The Bertz CT molecular complexity index is 514. The molecule has 0 amide bonds. The van der Waals surface area contributed by atoms with Crippen LogP contribution in [0.2, 0.25) is 0 Å². The number of allylic oxidation sites excluding steroid dienone is 6. The second kappa shape index (κ2) is 6.34. The molecule has 1 fully saturated rings. The number of carbonyl (C=O) groups is 1. The number of fused-ring (bicyclic) bond motifs is 1. The van der Waals surface area contributed by atoms with Gasteiger partial charge in [0.2, 0.25) is 0 Å². The lowest BCUT2D eigenvalue weighted by Gasteiger charge is -2.31. The van der Waals surface area contributed by atoms with E-state index in [-0.39, 0.29) is 5.41 Å². The summed E-state index contributed by atoms with van der Waals surface area (Å²) < 4.78 is 0. The molecule has 2 rings (SSSR count). The number of ketones is 1. The molecule has 0 aliphatic heterocycles. The monoisotopic (exact) mass is 286 g/mol. The Kier molecular flexibility index (Phi) is 4.91. The van der Waals surface area contributed by atoms with Gasteiger partial charge in [-0.3, -0.25) is 4.79 Å². The number of Topliss-reactive ketones (excluding diaryl/α,β-unsaturated/α-hetero) is 1. The summed E-state index contributed by atoms with van der Waals surface area (Å²) in [5.74, 6) is 0.827. The Hall–Kier alpha value is -1.11. The Morgan fingerprint density at radius 2 is 1.81 bits per heavy atom. The number of hydrogen-bond donors (Lipinski definition) is 0. The fourth-order valence-electron chi connectivity index (χ4n) is 3.99. The van der Waals surface area contributed by atoms with Crippen LogP contribution in [0.25, 0.3) is 0 Å². The van der Waals surface area contributed by atoms with Crippen LogP contribution >= 0.6 is 0 Å². The van der Waals surface area contributed by atoms with Gasteiger partial charge in [0.05, 0.1) is 0 Å². The summed E-state index contributed by atoms with van der Waals surface area (Å²) in [5.41, 5.74) is 5.44. The molecule has 0 heterocycles. The first-order valence-corrected chi connectivity index (χ1v) is 8.35. The van der Waals surface area contributed by atoms with Gasteiger partial charge in [0.1, 0.15) is 0 Å². The third kappa shape index (κ3) is 3.56. The summed E-state index contributed by atoms with van der Waals surface area (Å²) in [4.78, 5) is 12.5. The minimum absolute atomic E-state index is 0.121. The maximum absolute atomic E-state index is 12.5. The van der Waals surface area contributed by atoms with Gasteiger partial charge in [-0.15, -0.1) is 0 Å². The summed E-state index contributed by atoms with van der Waals surface area (Å²) in [6.07, 6.45) is 11.1. The molecule has 1 nitrogen and oxygen atoms in total. The van der Waals surface area contributed by atoms with E-state index in [0.717, 1.165) is 44.1 Å². The molecular formula is C20H30O. The zero-order valence-electron chi connectivity index (χ0n) is 14.4. The molecule has 0 bridgehead atoms. The van der Waals surface area contributed by atoms with E-state index in [9.17, 15) is 4.79 Å². The quantitative estimate of drug-likeness (QED) is 0.408. The fourth-order valence-corrected chi connectivity index (χ4v) is 3.99. The van der Waals surface area contributed by atoms with E-state index in [1.165, 1.54) is 16.7 Å². The van der Waals surface area contributed by atoms with E-state index in [1.807, 2.05) is 0 Å². The third-order valence-electron chi connectivity index (χ3n) is 5.37. The number of hydrogen-bond acceptors (Lipinski definition) is 1. The molecule has 0 aromatic heterocycles. The average Bonchev–Trinajstić information content (AvgIpc) is 2.64. The van der Waals surface area contributed by atoms with Gasteiger partial charge in [0, 0.05) is 6.42 Å². The first kappa shape index (κ1) is 16.3. The van der Waals surface area contributed by atoms with Crippen LogP contribution in [0.3, 0.4) is 0 Å². The van der Waals surface area contributed by atoms with Crippen LogP contribution < -0.4 is 0 Å². The molecule has 0 N–H and O–H groups in total. The lowest BCUT2D eigenvalue weighted by Crippen LogP contribution is -2.22. The normalized spacial score (nSPS) is 36.1. The van der Waals surface area contributed by atoms with Gasteiger partial charge in [-0.1, -0.05) is 35.8 Å². The molecule has 0 saturated heterocycles. The van der Waals surface area contributed by atoms with Crippen LogP contribution in [-0.4, -0.2) is 5.78 Å². The molecule has 1 saturated carbocycles. The Morgan fingerprint density at radius 1 is 1.14 bits per heavy atom.